The van der Waals surface area contributed by atoms with Crippen LogP contribution in [0.15, 0.2) is 18.2 Å². The molecule has 0 heterocycles. The molecule has 0 aromatic heterocycles. The molecule has 0 unspecified atom stereocenters. The van der Waals surface area contributed by atoms with E-state index < -0.39 is 16.5 Å². The minimum Gasteiger partial charge on any atom is -0.478 e. The Balaban J connectivity index is 3.32. The van der Waals surface area contributed by atoms with Gasteiger partial charge in [0.2, 0.25) is 0 Å². The van der Waals surface area contributed by atoms with Crippen molar-refractivity contribution in [2.45, 2.75) is 26.4 Å². The van der Waals surface area contributed by atoms with E-state index in [1.165, 1.54) is 18.2 Å². The lowest BCUT2D eigenvalue weighted by Crippen LogP contribution is -2.39. The van der Waals surface area contributed by atoms with Gasteiger partial charge in [0.1, 0.15) is 5.69 Å². The third-order valence-corrected chi connectivity index (χ3v) is 2.72. The van der Waals surface area contributed by atoms with Gasteiger partial charge in [-0.05, 0) is 32.9 Å². The van der Waals surface area contributed by atoms with Crippen molar-refractivity contribution in [3.05, 3.63) is 33.9 Å². The number of nitro groups is 1. The van der Waals surface area contributed by atoms with Gasteiger partial charge in [0.05, 0.1) is 16.1 Å². The van der Waals surface area contributed by atoms with Gasteiger partial charge in [-0.3, -0.25) is 10.1 Å². The number of aromatic carboxylic acids is 1. The van der Waals surface area contributed by atoms with E-state index >= 15 is 0 Å². The van der Waals surface area contributed by atoms with Gasteiger partial charge >= 0.3 is 5.97 Å². The predicted octanol–water partition coefficient (Wildman–Crippen LogP) is 1.89. The van der Waals surface area contributed by atoms with Crippen LogP contribution in [0, 0.1) is 10.1 Å². The highest BCUT2D eigenvalue weighted by atomic mass is 16.6. The zero-order valence-corrected chi connectivity index (χ0v) is 11.7. The second-order valence-electron chi connectivity index (χ2n) is 5.09. The number of carboxylic acid groups (broad SMARTS) is 1. The van der Waals surface area contributed by atoms with Gasteiger partial charge in [-0.2, -0.15) is 0 Å². The van der Waals surface area contributed by atoms with Crippen molar-refractivity contribution in [1.29, 1.82) is 0 Å². The van der Waals surface area contributed by atoms with Crippen LogP contribution in [-0.4, -0.2) is 39.8 Å². The van der Waals surface area contributed by atoms with Crippen LogP contribution >= 0.6 is 0 Å². The molecule has 0 amide bonds. The van der Waals surface area contributed by atoms with Crippen LogP contribution in [0.1, 0.15) is 31.1 Å². The number of hydrogen-bond acceptors (Lipinski definition) is 5. The van der Waals surface area contributed by atoms with E-state index in [0.717, 1.165) is 0 Å². The molecule has 20 heavy (non-hydrogen) atoms. The summed E-state index contributed by atoms with van der Waals surface area (Å²) in [4.78, 5) is 23.1. The van der Waals surface area contributed by atoms with Crippen LogP contribution in [0.3, 0.4) is 0 Å². The fourth-order valence-corrected chi connectivity index (χ4v) is 1.90. The molecule has 0 saturated heterocycles. The number of hydrogen-bond donors (Lipinski definition) is 2. The van der Waals surface area contributed by atoms with E-state index in [4.69, 9.17) is 5.11 Å². The molecular weight excluding hydrogens is 264 g/mol. The first-order chi connectivity index (χ1) is 9.15. The summed E-state index contributed by atoms with van der Waals surface area (Å²) in [6.07, 6.45) is 0. The maximum Gasteiger partial charge on any atom is 0.335 e. The number of benzene rings is 1. The van der Waals surface area contributed by atoms with Gasteiger partial charge in [-0.1, -0.05) is 0 Å². The van der Waals surface area contributed by atoms with Crippen molar-refractivity contribution in [3.63, 3.8) is 0 Å². The van der Waals surface area contributed by atoms with E-state index in [1.807, 2.05) is 0 Å². The third-order valence-electron chi connectivity index (χ3n) is 2.72. The van der Waals surface area contributed by atoms with Crippen LogP contribution in [0.5, 0.6) is 0 Å². The maximum atomic E-state index is 11.1. The van der Waals surface area contributed by atoms with Crippen LogP contribution in [-0.2, 0) is 0 Å². The molecule has 1 rings (SSSR count). The molecule has 1 aromatic rings. The summed E-state index contributed by atoms with van der Waals surface area (Å²) < 4.78 is 0. The number of nitro benzene ring substituents is 1. The normalized spacial score (nSPS) is 11.2. The van der Waals surface area contributed by atoms with E-state index in [1.54, 1.807) is 25.7 Å². The van der Waals surface area contributed by atoms with Gasteiger partial charge in [-0.25, -0.2) is 4.79 Å². The summed E-state index contributed by atoms with van der Waals surface area (Å²) in [5, 5.41) is 29.9. The van der Waals surface area contributed by atoms with Gasteiger partial charge in [-0.15, -0.1) is 0 Å². The summed E-state index contributed by atoms with van der Waals surface area (Å²) >= 11 is 0. The molecule has 0 saturated carbocycles. The summed E-state index contributed by atoms with van der Waals surface area (Å²) in [6.45, 7) is 5.52. The molecule has 0 spiro atoms. The predicted molar refractivity (Wildman–Crippen MR) is 74.2 cm³/mol. The number of carboxylic acids is 1. The van der Waals surface area contributed by atoms with Crippen molar-refractivity contribution in [2.75, 3.05) is 18.0 Å². The molecule has 0 fully saturated rings. The lowest BCUT2D eigenvalue weighted by Gasteiger charge is -2.29. The Kier molecular flexibility index (Phi) is 4.67. The zero-order chi connectivity index (χ0) is 15.5. The van der Waals surface area contributed by atoms with Crippen LogP contribution < -0.4 is 4.90 Å². The largest absolute Gasteiger partial charge is 0.478 e. The van der Waals surface area contributed by atoms with E-state index in [-0.39, 0.29) is 23.5 Å². The Bertz CT molecular complexity index is 522. The van der Waals surface area contributed by atoms with Crippen LogP contribution in [0.2, 0.25) is 0 Å². The average Bonchev–Trinajstić information content (AvgIpc) is 2.33. The van der Waals surface area contributed by atoms with Crippen molar-refractivity contribution in [1.82, 2.24) is 0 Å². The van der Waals surface area contributed by atoms with Gasteiger partial charge in [0.15, 0.2) is 0 Å². The summed E-state index contributed by atoms with van der Waals surface area (Å²) in [7, 11) is 0. The molecule has 0 aliphatic carbocycles. The molecule has 0 aliphatic heterocycles. The zero-order valence-electron chi connectivity index (χ0n) is 11.7. The van der Waals surface area contributed by atoms with Gasteiger partial charge in [0.25, 0.3) is 5.69 Å². The molecule has 0 atom stereocenters. The lowest BCUT2D eigenvalue weighted by atomic mass is 10.1. The van der Waals surface area contributed by atoms with Crippen molar-refractivity contribution in [3.8, 4) is 0 Å². The first-order valence-corrected chi connectivity index (χ1v) is 6.14. The number of carbonyl (C=O) groups is 1. The fourth-order valence-electron chi connectivity index (χ4n) is 1.90. The molecular formula is C13H18N2O5. The lowest BCUT2D eigenvalue weighted by molar-refractivity contribution is -0.384. The second kappa shape index (κ2) is 5.87. The van der Waals surface area contributed by atoms with E-state index in [9.17, 15) is 20.0 Å². The maximum absolute atomic E-state index is 11.1. The Labute approximate surface area is 116 Å². The highest BCUT2D eigenvalue weighted by molar-refractivity contribution is 5.90. The number of likely N-dealkylation sites (N-methyl/N-ethyl adjacent to an activating group) is 1. The highest BCUT2D eigenvalue weighted by Crippen LogP contribution is 2.30. The topological polar surface area (TPSA) is 104 Å². The quantitative estimate of drug-likeness (QED) is 0.610. The summed E-state index contributed by atoms with van der Waals surface area (Å²) in [5.74, 6) is -1.15. The third kappa shape index (κ3) is 3.92. The molecule has 2 N–H and O–H groups in total. The fraction of sp³-hybridized carbons (Fsp3) is 0.462. The Morgan fingerprint density at radius 1 is 1.45 bits per heavy atom. The smallest absolute Gasteiger partial charge is 0.335 e. The average molecular weight is 282 g/mol. The number of aliphatic hydroxyl groups is 1. The molecule has 0 aliphatic rings. The van der Waals surface area contributed by atoms with Gasteiger partial charge in [0, 0.05) is 19.2 Å². The first-order valence-electron chi connectivity index (χ1n) is 6.14. The summed E-state index contributed by atoms with van der Waals surface area (Å²) in [5.41, 5.74) is -1.07. The Morgan fingerprint density at radius 3 is 2.45 bits per heavy atom. The van der Waals surface area contributed by atoms with Crippen molar-refractivity contribution >= 4 is 17.3 Å². The SMILES string of the molecule is CCN(CC(C)(C)O)c1cc(C(=O)O)ccc1[N+](=O)[O-]. The number of nitrogens with zero attached hydrogens (tertiary/aromatic N) is 2. The first kappa shape index (κ1) is 15.9. The highest BCUT2D eigenvalue weighted by Gasteiger charge is 2.25. The Morgan fingerprint density at radius 2 is 2.05 bits per heavy atom. The molecule has 110 valence electrons. The molecule has 1 aromatic carbocycles. The molecule has 7 heteroatoms. The molecule has 0 bridgehead atoms. The minimum atomic E-state index is -1.15. The van der Waals surface area contributed by atoms with E-state index in [2.05, 4.69) is 0 Å². The Hall–Kier alpha value is -2.15. The number of rotatable bonds is 6. The van der Waals surface area contributed by atoms with Crippen LogP contribution in [0.4, 0.5) is 11.4 Å². The minimum absolute atomic E-state index is 0.0280. The molecule has 7 nitrogen and oxygen atoms in total. The van der Waals surface area contributed by atoms with Crippen molar-refractivity contribution in [2.24, 2.45) is 0 Å². The summed E-state index contributed by atoms with van der Waals surface area (Å²) in [6, 6.07) is 3.63. The van der Waals surface area contributed by atoms with Crippen LogP contribution in [0.25, 0.3) is 0 Å². The standard InChI is InChI=1S/C13H18N2O5/c1-4-14(8-13(2,3)18)11-7-9(12(16)17)5-6-10(11)15(19)20/h5-7,18H,4,8H2,1-3H3,(H,16,17). The molecule has 0 radical (unpaired) electrons. The van der Waals surface area contributed by atoms with Crippen molar-refractivity contribution < 1.29 is 19.9 Å². The monoisotopic (exact) mass is 282 g/mol. The van der Waals surface area contributed by atoms with E-state index in [0.29, 0.717) is 6.54 Å². The number of anilines is 1. The van der Waals surface area contributed by atoms with Gasteiger partial charge < -0.3 is 15.1 Å². The second-order valence-corrected chi connectivity index (χ2v) is 5.09.